The molecule has 1 aliphatic rings. The van der Waals surface area contributed by atoms with Gasteiger partial charge in [0.05, 0.1) is 5.02 Å². The quantitative estimate of drug-likeness (QED) is 0.793. The van der Waals surface area contributed by atoms with Crippen LogP contribution in [0.15, 0.2) is 16.7 Å². The second-order valence-corrected chi connectivity index (χ2v) is 6.05. The number of aromatic nitrogens is 1. The van der Waals surface area contributed by atoms with Gasteiger partial charge in [-0.25, -0.2) is 4.98 Å². The molecular weight excluding hydrogens is 302 g/mol. The van der Waals surface area contributed by atoms with Crippen LogP contribution in [-0.4, -0.2) is 42.1 Å². The molecule has 0 radical (unpaired) electrons. The Morgan fingerprint density at radius 3 is 2.47 bits per heavy atom. The molecule has 2 rings (SSSR count). The van der Waals surface area contributed by atoms with Gasteiger partial charge in [0.1, 0.15) is 5.82 Å². The molecule has 2 unspecified atom stereocenters. The van der Waals surface area contributed by atoms with Gasteiger partial charge in [0.25, 0.3) is 0 Å². The van der Waals surface area contributed by atoms with E-state index in [9.17, 15) is 0 Å². The number of likely N-dealkylation sites (N-methyl/N-ethyl adjacent to an activating group) is 1. The summed E-state index contributed by atoms with van der Waals surface area (Å²) >= 11 is 9.63. The molecule has 0 bridgehead atoms. The third-order valence-corrected chi connectivity index (χ3v) is 4.16. The smallest absolute Gasteiger partial charge is 0.147 e. The Labute approximate surface area is 116 Å². The van der Waals surface area contributed by atoms with Crippen molar-refractivity contribution >= 4 is 33.3 Å². The first-order chi connectivity index (χ1) is 7.99. The molecule has 0 aliphatic carbocycles. The highest BCUT2D eigenvalue weighted by molar-refractivity contribution is 9.10. The Morgan fingerprint density at radius 2 is 1.94 bits per heavy atom. The van der Waals surface area contributed by atoms with Crippen LogP contribution in [0.2, 0.25) is 5.02 Å². The van der Waals surface area contributed by atoms with E-state index in [2.05, 4.69) is 51.6 Å². The highest BCUT2D eigenvalue weighted by Gasteiger charge is 2.28. The third-order valence-electron chi connectivity index (χ3n) is 3.45. The molecule has 0 N–H and O–H groups in total. The first-order valence-electron chi connectivity index (χ1n) is 5.77. The minimum atomic E-state index is 0.514. The van der Waals surface area contributed by atoms with E-state index in [1.54, 1.807) is 6.20 Å². The van der Waals surface area contributed by atoms with Crippen molar-refractivity contribution < 1.29 is 0 Å². The molecule has 1 aromatic rings. The average molecular weight is 319 g/mol. The second-order valence-electron chi connectivity index (χ2n) is 4.73. The molecule has 0 aromatic carbocycles. The molecule has 17 heavy (non-hydrogen) atoms. The van der Waals surface area contributed by atoms with Gasteiger partial charge in [0.2, 0.25) is 0 Å². The Hall–Kier alpha value is -0.320. The van der Waals surface area contributed by atoms with Gasteiger partial charge in [0.15, 0.2) is 0 Å². The second kappa shape index (κ2) is 5.12. The predicted molar refractivity (Wildman–Crippen MR) is 75.8 cm³/mol. The molecule has 2 heterocycles. The molecule has 0 saturated carbocycles. The zero-order valence-corrected chi connectivity index (χ0v) is 12.7. The van der Waals surface area contributed by atoms with Crippen molar-refractivity contribution in [2.45, 2.75) is 25.9 Å². The van der Waals surface area contributed by atoms with Crippen molar-refractivity contribution in [2.75, 3.05) is 25.0 Å². The van der Waals surface area contributed by atoms with Crippen molar-refractivity contribution in [2.24, 2.45) is 0 Å². The van der Waals surface area contributed by atoms with Crippen LogP contribution in [0.5, 0.6) is 0 Å². The van der Waals surface area contributed by atoms with Crippen LogP contribution < -0.4 is 4.90 Å². The lowest BCUT2D eigenvalue weighted by Crippen LogP contribution is -2.55. The van der Waals surface area contributed by atoms with Crippen molar-refractivity contribution in [3.05, 3.63) is 21.8 Å². The third kappa shape index (κ3) is 2.75. The lowest BCUT2D eigenvalue weighted by atomic mass is 10.1. The van der Waals surface area contributed by atoms with Crippen molar-refractivity contribution in [1.29, 1.82) is 0 Å². The Bertz CT molecular complexity index is 401. The lowest BCUT2D eigenvalue weighted by molar-refractivity contribution is 0.169. The fraction of sp³-hybridized carbons (Fsp3) is 0.583. The average Bonchev–Trinajstić information content (AvgIpc) is 2.25. The summed E-state index contributed by atoms with van der Waals surface area (Å²) in [6.07, 6.45) is 1.80. The SMILES string of the molecule is CC1CN(c2ncc(Br)cc2Cl)CC(C)N1C. The molecule has 1 aliphatic heterocycles. The minimum absolute atomic E-state index is 0.514. The summed E-state index contributed by atoms with van der Waals surface area (Å²) in [5, 5.41) is 0.711. The lowest BCUT2D eigenvalue weighted by Gasteiger charge is -2.43. The van der Waals surface area contributed by atoms with Crippen molar-refractivity contribution in [3.63, 3.8) is 0 Å². The number of pyridine rings is 1. The maximum atomic E-state index is 6.25. The first-order valence-corrected chi connectivity index (χ1v) is 6.94. The van der Waals surface area contributed by atoms with E-state index in [0.717, 1.165) is 23.4 Å². The van der Waals surface area contributed by atoms with E-state index >= 15 is 0 Å². The molecule has 0 spiro atoms. The zero-order chi connectivity index (χ0) is 12.6. The van der Waals surface area contributed by atoms with E-state index in [0.29, 0.717) is 17.1 Å². The van der Waals surface area contributed by atoms with Crippen LogP contribution in [0, 0.1) is 0 Å². The Kier molecular flexibility index (Phi) is 3.95. The summed E-state index contributed by atoms with van der Waals surface area (Å²) in [7, 11) is 2.17. The Balaban J connectivity index is 2.23. The summed E-state index contributed by atoms with van der Waals surface area (Å²) in [4.78, 5) is 9.08. The zero-order valence-electron chi connectivity index (χ0n) is 10.3. The van der Waals surface area contributed by atoms with Crippen LogP contribution in [0.3, 0.4) is 0 Å². The van der Waals surface area contributed by atoms with Gasteiger partial charge in [-0.15, -0.1) is 0 Å². The monoisotopic (exact) mass is 317 g/mol. The highest BCUT2D eigenvalue weighted by atomic mass is 79.9. The van der Waals surface area contributed by atoms with Gasteiger partial charge in [-0.3, -0.25) is 4.90 Å². The van der Waals surface area contributed by atoms with E-state index in [1.165, 1.54) is 0 Å². The van der Waals surface area contributed by atoms with Crippen molar-refractivity contribution in [1.82, 2.24) is 9.88 Å². The standard InChI is InChI=1S/C12H17BrClN3/c1-8-6-17(7-9(2)16(8)3)12-11(14)4-10(13)5-15-12/h4-5,8-9H,6-7H2,1-3H3. The summed E-state index contributed by atoms with van der Waals surface area (Å²) in [5.74, 6) is 0.890. The fourth-order valence-electron chi connectivity index (χ4n) is 2.22. The van der Waals surface area contributed by atoms with Gasteiger partial charge >= 0.3 is 0 Å². The van der Waals surface area contributed by atoms with Gasteiger partial charge < -0.3 is 4.90 Å². The largest absolute Gasteiger partial charge is 0.352 e. The summed E-state index contributed by atoms with van der Waals surface area (Å²) < 4.78 is 0.918. The van der Waals surface area contributed by atoms with E-state index < -0.39 is 0 Å². The first kappa shape index (κ1) is 13.1. The number of hydrogen-bond acceptors (Lipinski definition) is 3. The predicted octanol–water partition coefficient (Wildman–Crippen LogP) is 3.03. The number of halogens is 2. The molecule has 1 saturated heterocycles. The van der Waals surface area contributed by atoms with Crippen LogP contribution in [0.4, 0.5) is 5.82 Å². The number of nitrogens with zero attached hydrogens (tertiary/aromatic N) is 3. The normalized spacial score (nSPS) is 26.3. The topological polar surface area (TPSA) is 19.4 Å². The van der Waals surface area contributed by atoms with Gasteiger partial charge in [-0.1, -0.05) is 11.6 Å². The molecule has 2 atom stereocenters. The Morgan fingerprint density at radius 1 is 1.35 bits per heavy atom. The maximum absolute atomic E-state index is 6.25. The minimum Gasteiger partial charge on any atom is -0.352 e. The molecule has 0 amide bonds. The van der Waals surface area contributed by atoms with E-state index in [1.807, 2.05) is 6.07 Å². The number of piperazine rings is 1. The van der Waals surface area contributed by atoms with E-state index in [-0.39, 0.29) is 0 Å². The molecule has 94 valence electrons. The summed E-state index contributed by atoms with van der Waals surface area (Å²) in [5.41, 5.74) is 0. The molecule has 1 aromatic heterocycles. The van der Waals surface area contributed by atoms with Crippen LogP contribution in [0.25, 0.3) is 0 Å². The molecular formula is C12H17BrClN3. The number of hydrogen-bond donors (Lipinski definition) is 0. The fourth-order valence-corrected chi connectivity index (χ4v) is 2.97. The van der Waals surface area contributed by atoms with Crippen LogP contribution in [-0.2, 0) is 0 Å². The van der Waals surface area contributed by atoms with Crippen molar-refractivity contribution in [3.8, 4) is 0 Å². The summed E-state index contributed by atoms with van der Waals surface area (Å²) in [6, 6.07) is 2.93. The van der Waals surface area contributed by atoms with E-state index in [4.69, 9.17) is 11.6 Å². The summed E-state index contributed by atoms with van der Waals surface area (Å²) in [6.45, 7) is 6.40. The van der Waals surface area contributed by atoms with Crippen LogP contribution in [0.1, 0.15) is 13.8 Å². The maximum Gasteiger partial charge on any atom is 0.147 e. The van der Waals surface area contributed by atoms with Gasteiger partial charge in [0, 0.05) is 35.8 Å². The molecule has 5 heteroatoms. The van der Waals surface area contributed by atoms with Gasteiger partial charge in [-0.2, -0.15) is 0 Å². The number of rotatable bonds is 1. The molecule has 1 fully saturated rings. The molecule has 3 nitrogen and oxygen atoms in total. The number of anilines is 1. The van der Waals surface area contributed by atoms with Crippen LogP contribution >= 0.6 is 27.5 Å². The van der Waals surface area contributed by atoms with Gasteiger partial charge in [-0.05, 0) is 42.9 Å². The highest BCUT2D eigenvalue weighted by Crippen LogP contribution is 2.28.